The Kier molecular flexibility index (Phi) is 7.07. The molecule has 0 aliphatic rings. The molecular weight excluding hydrogens is 442 g/mol. The summed E-state index contributed by atoms with van der Waals surface area (Å²) in [7, 11) is 0. The van der Waals surface area contributed by atoms with Crippen LogP contribution >= 0.6 is 23.4 Å². The molecule has 8 nitrogen and oxygen atoms in total. The second-order valence-corrected chi connectivity index (χ2v) is 9.15. The minimum atomic E-state index is -0.619. The minimum Gasteiger partial charge on any atom is -0.493 e. The Morgan fingerprint density at radius 1 is 1.23 bits per heavy atom. The first-order chi connectivity index (χ1) is 14.6. The van der Waals surface area contributed by atoms with Crippen molar-refractivity contribution >= 4 is 46.1 Å². The number of nitro groups is 1. The number of benzene rings is 2. The third-order valence-electron chi connectivity index (χ3n) is 4.01. The van der Waals surface area contributed by atoms with Crippen LogP contribution in [0, 0.1) is 10.1 Å². The van der Waals surface area contributed by atoms with E-state index in [9.17, 15) is 14.9 Å². The summed E-state index contributed by atoms with van der Waals surface area (Å²) < 4.78 is 12.8. The normalized spacial score (nSPS) is 11.5. The molecule has 31 heavy (non-hydrogen) atoms. The number of esters is 1. The van der Waals surface area contributed by atoms with Crippen molar-refractivity contribution in [2.75, 3.05) is 12.4 Å². The monoisotopic (exact) mass is 463 g/mol. The topological polar surface area (TPSA) is 96.5 Å². The lowest BCUT2D eigenvalue weighted by Gasteiger charge is -2.20. The van der Waals surface area contributed by atoms with E-state index in [1.54, 1.807) is 55.7 Å². The van der Waals surface area contributed by atoms with Crippen LogP contribution in [0.3, 0.4) is 0 Å². The van der Waals surface area contributed by atoms with Crippen LogP contribution in [0.2, 0.25) is 5.02 Å². The van der Waals surface area contributed by atoms with Gasteiger partial charge in [0.05, 0.1) is 22.6 Å². The van der Waals surface area contributed by atoms with E-state index < -0.39 is 16.5 Å². The molecule has 0 radical (unpaired) electrons. The van der Waals surface area contributed by atoms with Crippen molar-refractivity contribution in [3.8, 4) is 5.75 Å². The van der Waals surface area contributed by atoms with Crippen LogP contribution < -0.4 is 4.74 Å². The highest BCUT2D eigenvalue weighted by Gasteiger charge is 2.21. The van der Waals surface area contributed by atoms with Gasteiger partial charge in [-0.1, -0.05) is 23.4 Å². The summed E-state index contributed by atoms with van der Waals surface area (Å²) in [6.45, 7) is 5.74. The number of halogens is 1. The zero-order valence-corrected chi connectivity index (χ0v) is 18.9. The van der Waals surface area contributed by atoms with E-state index in [4.69, 9.17) is 21.1 Å². The van der Waals surface area contributed by atoms with Crippen molar-refractivity contribution in [1.82, 2.24) is 9.55 Å². The summed E-state index contributed by atoms with van der Waals surface area (Å²) in [6, 6.07) is 11.4. The van der Waals surface area contributed by atoms with E-state index >= 15 is 0 Å². The van der Waals surface area contributed by atoms with Gasteiger partial charge in [0.15, 0.2) is 5.16 Å². The minimum absolute atomic E-state index is 0.0496. The average molecular weight is 464 g/mol. The molecule has 0 spiro atoms. The van der Waals surface area contributed by atoms with Gasteiger partial charge in [0.1, 0.15) is 17.9 Å². The van der Waals surface area contributed by atoms with Crippen LogP contribution in [-0.2, 0) is 16.1 Å². The molecule has 3 aromatic rings. The van der Waals surface area contributed by atoms with Gasteiger partial charge < -0.3 is 14.0 Å². The first-order valence-corrected chi connectivity index (χ1v) is 10.9. The van der Waals surface area contributed by atoms with Crippen LogP contribution in [0.4, 0.5) is 5.69 Å². The molecule has 2 aromatic carbocycles. The molecule has 0 unspecified atom stereocenters. The highest BCUT2D eigenvalue weighted by atomic mass is 35.5. The standard InChI is InChI=1S/C21H22ClN3O5S/c1-21(2,3)30-19(26)13-24-18-9-6-15(25(27)28)12-17(18)23-20(24)31-11-10-29-16-7-4-14(22)5-8-16/h4-9,12H,10-11,13H2,1-3H3. The Labute approximate surface area is 188 Å². The Morgan fingerprint density at radius 2 is 1.94 bits per heavy atom. The molecule has 0 N–H and O–H groups in total. The van der Waals surface area contributed by atoms with E-state index in [1.807, 2.05) is 0 Å². The lowest BCUT2D eigenvalue weighted by atomic mass is 10.2. The zero-order chi connectivity index (χ0) is 22.6. The smallest absolute Gasteiger partial charge is 0.326 e. The van der Waals surface area contributed by atoms with Crippen LogP contribution in [0.25, 0.3) is 11.0 Å². The van der Waals surface area contributed by atoms with Crippen molar-refractivity contribution in [2.45, 2.75) is 38.1 Å². The van der Waals surface area contributed by atoms with Gasteiger partial charge in [0, 0.05) is 22.9 Å². The van der Waals surface area contributed by atoms with Crippen molar-refractivity contribution in [3.05, 3.63) is 57.6 Å². The first kappa shape index (κ1) is 22.9. The fourth-order valence-electron chi connectivity index (χ4n) is 2.80. The SMILES string of the molecule is CC(C)(C)OC(=O)Cn1c(SCCOc2ccc(Cl)cc2)nc2cc([N+](=O)[O-])ccc21. The van der Waals surface area contributed by atoms with E-state index in [2.05, 4.69) is 4.98 Å². The number of fused-ring (bicyclic) bond motifs is 1. The summed E-state index contributed by atoms with van der Waals surface area (Å²) in [5, 5.41) is 12.3. The maximum atomic E-state index is 12.4. The summed E-state index contributed by atoms with van der Waals surface area (Å²) in [6.07, 6.45) is 0. The number of ether oxygens (including phenoxy) is 2. The number of nitrogens with zero attached hydrogens (tertiary/aromatic N) is 3. The summed E-state index contributed by atoms with van der Waals surface area (Å²) in [4.78, 5) is 27.5. The third-order valence-corrected chi connectivity index (χ3v) is 5.20. The maximum Gasteiger partial charge on any atom is 0.326 e. The van der Waals surface area contributed by atoms with Gasteiger partial charge in [-0.3, -0.25) is 14.9 Å². The number of carbonyl (C=O) groups excluding carboxylic acids is 1. The number of non-ortho nitro benzene ring substituents is 1. The molecule has 0 saturated heterocycles. The van der Waals surface area contributed by atoms with Crippen molar-refractivity contribution in [3.63, 3.8) is 0 Å². The number of hydrogen-bond donors (Lipinski definition) is 0. The molecule has 0 aliphatic heterocycles. The average Bonchev–Trinajstić information content (AvgIpc) is 3.01. The Morgan fingerprint density at radius 3 is 2.58 bits per heavy atom. The number of hydrogen-bond acceptors (Lipinski definition) is 7. The van der Waals surface area contributed by atoms with Gasteiger partial charge in [-0.15, -0.1) is 0 Å². The molecule has 0 bridgehead atoms. The number of aromatic nitrogens is 2. The molecule has 3 rings (SSSR count). The molecular formula is C21H22ClN3O5S. The quantitative estimate of drug-likeness (QED) is 0.150. The van der Waals surface area contributed by atoms with Gasteiger partial charge in [-0.25, -0.2) is 4.98 Å². The molecule has 10 heteroatoms. The fraction of sp³-hybridized carbons (Fsp3) is 0.333. The largest absolute Gasteiger partial charge is 0.493 e. The Hall–Kier alpha value is -2.78. The van der Waals surface area contributed by atoms with Crippen molar-refractivity contribution < 1.29 is 19.2 Å². The second kappa shape index (κ2) is 9.57. The van der Waals surface area contributed by atoms with Gasteiger partial charge in [0.25, 0.3) is 5.69 Å². The third kappa shape index (κ3) is 6.35. The van der Waals surface area contributed by atoms with E-state index in [0.717, 1.165) is 0 Å². The summed E-state index contributed by atoms with van der Waals surface area (Å²) in [5.41, 5.74) is 0.389. The maximum absolute atomic E-state index is 12.4. The predicted octanol–water partition coefficient (Wildman–Crippen LogP) is 5.11. The molecule has 0 atom stereocenters. The lowest BCUT2D eigenvalue weighted by molar-refractivity contribution is -0.384. The summed E-state index contributed by atoms with van der Waals surface area (Å²) >= 11 is 7.26. The molecule has 1 aromatic heterocycles. The predicted molar refractivity (Wildman–Crippen MR) is 120 cm³/mol. The molecule has 0 saturated carbocycles. The molecule has 1 heterocycles. The van der Waals surface area contributed by atoms with Gasteiger partial charge in [-0.05, 0) is 51.1 Å². The van der Waals surface area contributed by atoms with Crippen LogP contribution in [-0.4, -0.2) is 38.4 Å². The number of thioether (sulfide) groups is 1. The number of imidazole rings is 1. The summed E-state index contributed by atoms with van der Waals surface area (Å²) in [5.74, 6) is 0.842. The van der Waals surface area contributed by atoms with E-state index in [1.165, 1.54) is 23.9 Å². The second-order valence-electron chi connectivity index (χ2n) is 7.65. The highest BCUT2D eigenvalue weighted by Crippen LogP contribution is 2.27. The van der Waals surface area contributed by atoms with E-state index in [-0.39, 0.29) is 12.2 Å². The Bertz CT molecular complexity index is 1090. The van der Waals surface area contributed by atoms with E-state index in [0.29, 0.717) is 39.3 Å². The Balaban J connectivity index is 1.77. The first-order valence-electron chi connectivity index (χ1n) is 9.50. The number of carbonyl (C=O) groups is 1. The van der Waals surface area contributed by atoms with Gasteiger partial charge in [-0.2, -0.15) is 0 Å². The molecule has 0 amide bonds. The van der Waals surface area contributed by atoms with Gasteiger partial charge >= 0.3 is 5.97 Å². The van der Waals surface area contributed by atoms with Crippen LogP contribution in [0.5, 0.6) is 5.75 Å². The van der Waals surface area contributed by atoms with Crippen molar-refractivity contribution in [1.29, 1.82) is 0 Å². The molecule has 0 aliphatic carbocycles. The van der Waals surface area contributed by atoms with Crippen molar-refractivity contribution in [2.24, 2.45) is 0 Å². The van der Waals surface area contributed by atoms with Crippen LogP contribution in [0.1, 0.15) is 20.8 Å². The zero-order valence-electron chi connectivity index (χ0n) is 17.3. The fourth-order valence-corrected chi connectivity index (χ4v) is 3.76. The number of rotatable bonds is 8. The van der Waals surface area contributed by atoms with Crippen LogP contribution in [0.15, 0.2) is 47.6 Å². The lowest BCUT2D eigenvalue weighted by Crippen LogP contribution is -2.26. The van der Waals surface area contributed by atoms with Gasteiger partial charge in [0.2, 0.25) is 0 Å². The number of nitro benzene ring substituents is 1. The highest BCUT2D eigenvalue weighted by molar-refractivity contribution is 7.99. The molecule has 164 valence electrons. The molecule has 0 fully saturated rings.